The maximum atomic E-state index is 11.8. The van der Waals surface area contributed by atoms with Crippen LogP contribution in [0.15, 0.2) is 24.3 Å². The molecular formula is C19H30N2O2. The molecule has 1 atom stereocenters. The number of amides is 1. The van der Waals surface area contributed by atoms with Crippen LogP contribution in [0.25, 0.3) is 0 Å². The molecule has 0 saturated carbocycles. The molecule has 0 aliphatic carbocycles. The first-order chi connectivity index (χ1) is 11.3. The number of benzene rings is 1. The summed E-state index contributed by atoms with van der Waals surface area (Å²) in [6.07, 6.45) is 7.39. The van der Waals surface area contributed by atoms with Gasteiger partial charge in [0.1, 0.15) is 5.75 Å². The molecule has 1 aliphatic rings. The lowest BCUT2D eigenvalue weighted by atomic mass is 10.00. The Kier molecular flexibility index (Phi) is 7.95. The molecule has 4 nitrogen and oxygen atoms in total. The molecule has 1 saturated heterocycles. The number of unbranched alkanes of at least 4 members (excludes halogenated alkanes) is 2. The fraction of sp³-hybridized carbons (Fsp3) is 0.632. The normalized spacial score (nSPS) is 17.7. The van der Waals surface area contributed by atoms with Gasteiger partial charge in [-0.2, -0.15) is 0 Å². The van der Waals surface area contributed by atoms with Gasteiger partial charge < -0.3 is 15.4 Å². The minimum atomic E-state index is 0.208. The van der Waals surface area contributed by atoms with Crippen molar-refractivity contribution in [3.8, 4) is 5.75 Å². The van der Waals surface area contributed by atoms with Crippen molar-refractivity contribution in [2.45, 2.75) is 44.9 Å². The highest BCUT2D eigenvalue weighted by Gasteiger charge is 2.13. The molecular weight excluding hydrogens is 288 g/mol. The molecule has 128 valence electrons. The van der Waals surface area contributed by atoms with E-state index >= 15 is 0 Å². The highest BCUT2D eigenvalue weighted by atomic mass is 16.5. The molecule has 0 radical (unpaired) electrons. The Morgan fingerprint density at radius 3 is 2.78 bits per heavy atom. The zero-order valence-electron chi connectivity index (χ0n) is 14.3. The number of ether oxygens (including phenoxy) is 1. The molecule has 0 bridgehead atoms. The number of rotatable bonds is 9. The lowest BCUT2D eigenvalue weighted by Crippen LogP contribution is -2.38. The fourth-order valence-corrected chi connectivity index (χ4v) is 3.03. The SMILES string of the molecule is COc1ccc(CCCCCC(=O)NCC2CCCNC2)cc1. The van der Waals surface area contributed by atoms with Gasteiger partial charge in [0.25, 0.3) is 0 Å². The zero-order chi connectivity index (χ0) is 16.3. The lowest BCUT2D eigenvalue weighted by Gasteiger charge is -2.22. The molecule has 2 rings (SSSR count). The number of carbonyl (C=O) groups excluding carboxylic acids is 1. The van der Waals surface area contributed by atoms with Crippen molar-refractivity contribution in [1.82, 2.24) is 10.6 Å². The predicted octanol–water partition coefficient (Wildman–Crippen LogP) is 2.91. The molecule has 1 unspecified atom stereocenters. The summed E-state index contributed by atoms with van der Waals surface area (Å²) < 4.78 is 5.16. The van der Waals surface area contributed by atoms with Gasteiger partial charge in [0.15, 0.2) is 0 Å². The summed E-state index contributed by atoms with van der Waals surface area (Å²) in [5.41, 5.74) is 1.33. The molecule has 1 aliphatic heterocycles. The van der Waals surface area contributed by atoms with Crippen molar-refractivity contribution in [3.63, 3.8) is 0 Å². The molecule has 2 N–H and O–H groups in total. The summed E-state index contributed by atoms with van der Waals surface area (Å²) in [7, 11) is 1.69. The second-order valence-electron chi connectivity index (χ2n) is 6.43. The van der Waals surface area contributed by atoms with Gasteiger partial charge in [-0.15, -0.1) is 0 Å². The van der Waals surface area contributed by atoms with E-state index in [-0.39, 0.29) is 5.91 Å². The summed E-state index contributed by atoms with van der Waals surface area (Å²) in [5.74, 6) is 1.72. The van der Waals surface area contributed by atoms with Crippen LogP contribution >= 0.6 is 0 Å². The van der Waals surface area contributed by atoms with Crippen LogP contribution in [0.4, 0.5) is 0 Å². The minimum Gasteiger partial charge on any atom is -0.497 e. The number of hydrogen-bond donors (Lipinski definition) is 2. The number of aryl methyl sites for hydroxylation is 1. The number of hydrogen-bond acceptors (Lipinski definition) is 3. The molecule has 0 spiro atoms. The average molecular weight is 318 g/mol. The van der Waals surface area contributed by atoms with Gasteiger partial charge in [-0.05, 0) is 68.8 Å². The quantitative estimate of drug-likeness (QED) is 0.688. The van der Waals surface area contributed by atoms with E-state index < -0.39 is 0 Å². The van der Waals surface area contributed by atoms with E-state index in [0.29, 0.717) is 12.3 Å². The van der Waals surface area contributed by atoms with Crippen molar-refractivity contribution in [1.29, 1.82) is 0 Å². The van der Waals surface area contributed by atoms with Crippen LogP contribution in [0.2, 0.25) is 0 Å². The van der Waals surface area contributed by atoms with Gasteiger partial charge in [0.05, 0.1) is 7.11 Å². The van der Waals surface area contributed by atoms with Gasteiger partial charge in [-0.1, -0.05) is 18.6 Å². The molecule has 1 aromatic rings. The van der Waals surface area contributed by atoms with Crippen LogP contribution in [-0.4, -0.2) is 32.7 Å². The molecule has 0 aromatic heterocycles. The Labute approximate surface area is 140 Å². The van der Waals surface area contributed by atoms with Gasteiger partial charge in [-0.3, -0.25) is 4.79 Å². The van der Waals surface area contributed by atoms with Gasteiger partial charge in [0.2, 0.25) is 5.91 Å². The highest BCUT2D eigenvalue weighted by Crippen LogP contribution is 2.14. The van der Waals surface area contributed by atoms with E-state index in [0.717, 1.165) is 51.1 Å². The Morgan fingerprint density at radius 1 is 1.26 bits per heavy atom. The monoisotopic (exact) mass is 318 g/mol. The summed E-state index contributed by atoms with van der Waals surface area (Å²) in [6, 6.07) is 8.24. The van der Waals surface area contributed by atoms with Crippen LogP contribution in [0.1, 0.15) is 44.1 Å². The van der Waals surface area contributed by atoms with Crippen LogP contribution < -0.4 is 15.4 Å². The number of piperidine rings is 1. The second-order valence-corrected chi connectivity index (χ2v) is 6.43. The van der Waals surface area contributed by atoms with Gasteiger partial charge in [-0.25, -0.2) is 0 Å². The largest absolute Gasteiger partial charge is 0.497 e. The molecule has 23 heavy (non-hydrogen) atoms. The van der Waals surface area contributed by atoms with E-state index in [9.17, 15) is 4.79 Å². The Bertz CT molecular complexity index is 453. The fourth-order valence-electron chi connectivity index (χ4n) is 3.03. The number of carbonyl (C=O) groups is 1. The van der Waals surface area contributed by atoms with Crippen LogP contribution in [0.5, 0.6) is 5.75 Å². The predicted molar refractivity (Wildman–Crippen MR) is 93.8 cm³/mol. The maximum absolute atomic E-state index is 11.8. The smallest absolute Gasteiger partial charge is 0.220 e. The third-order valence-electron chi connectivity index (χ3n) is 4.52. The lowest BCUT2D eigenvalue weighted by molar-refractivity contribution is -0.121. The summed E-state index contributed by atoms with van der Waals surface area (Å²) in [4.78, 5) is 11.8. The van der Waals surface area contributed by atoms with E-state index in [1.807, 2.05) is 12.1 Å². The molecule has 4 heteroatoms. The summed E-state index contributed by atoms with van der Waals surface area (Å²) in [5, 5.41) is 6.46. The number of nitrogens with one attached hydrogen (secondary N) is 2. The topological polar surface area (TPSA) is 50.4 Å². The minimum absolute atomic E-state index is 0.208. The van der Waals surface area contributed by atoms with Crippen molar-refractivity contribution in [3.05, 3.63) is 29.8 Å². The third kappa shape index (κ3) is 7.04. The molecule has 1 amide bonds. The maximum Gasteiger partial charge on any atom is 0.220 e. The average Bonchev–Trinajstić information content (AvgIpc) is 2.61. The highest BCUT2D eigenvalue weighted by molar-refractivity contribution is 5.75. The van der Waals surface area contributed by atoms with Crippen molar-refractivity contribution >= 4 is 5.91 Å². The Morgan fingerprint density at radius 2 is 2.09 bits per heavy atom. The standard InChI is InChI=1S/C19H30N2O2/c1-23-18-11-9-16(10-12-18)6-3-2-4-8-19(22)21-15-17-7-5-13-20-14-17/h9-12,17,20H,2-8,13-15H2,1H3,(H,21,22). The number of methoxy groups -OCH3 is 1. The summed E-state index contributed by atoms with van der Waals surface area (Å²) in [6.45, 7) is 3.00. The Hall–Kier alpha value is -1.55. The first-order valence-corrected chi connectivity index (χ1v) is 8.88. The van der Waals surface area contributed by atoms with Crippen molar-refractivity contribution in [2.24, 2.45) is 5.92 Å². The van der Waals surface area contributed by atoms with E-state index in [1.54, 1.807) is 7.11 Å². The van der Waals surface area contributed by atoms with E-state index in [2.05, 4.69) is 22.8 Å². The summed E-state index contributed by atoms with van der Waals surface area (Å²) >= 11 is 0. The van der Waals surface area contributed by atoms with Crippen molar-refractivity contribution in [2.75, 3.05) is 26.7 Å². The molecule has 1 aromatic carbocycles. The van der Waals surface area contributed by atoms with E-state index in [1.165, 1.54) is 18.4 Å². The molecule has 1 heterocycles. The first kappa shape index (κ1) is 17.8. The Balaban J connectivity index is 1.49. The van der Waals surface area contributed by atoms with E-state index in [4.69, 9.17) is 4.74 Å². The second kappa shape index (κ2) is 10.3. The molecule has 1 fully saturated rings. The van der Waals surface area contributed by atoms with Gasteiger partial charge >= 0.3 is 0 Å². The zero-order valence-corrected chi connectivity index (χ0v) is 14.3. The van der Waals surface area contributed by atoms with Gasteiger partial charge in [0, 0.05) is 13.0 Å². The first-order valence-electron chi connectivity index (χ1n) is 8.88. The third-order valence-corrected chi connectivity index (χ3v) is 4.52. The van der Waals surface area contributed by atoms with Crippen LogP contribution in [0.3, 0.4) is 0 Å². The van der Waals surface area contributed by atoms with Crippen molar-refractivity contribution < 1.29 is 9.53 Å². The van der Waals surface area contributed by atoms with Crippen LogP contribution in [-0.2, 0) is 11.2 Å². The van der Waals surface area contributed by atoms with Crippen LogP contribution in [0, 0.1) is 5.92 Å².